The fourth-order valence-electron chi connectivity index (χ4n) is 4.37. The summed E-state index contributed by atoms with van der Waals surface area (Å²) in [7, 11) is 1.56. The smallest absolute Gasteiger partial charge is 0.344 e. The van der Waals surface area contributed by atoms with Gasteiger partial charge in [0.15, 0.2) is 18.0 Å². The summed E-state index contributed by atoms with van der Waals surface area (Å²) >= 11 is 6.44. The van der Waals surface area contributed by atoms with Crippen LogP contribution in [-0.4, -0.2) is 50.8 Å². The molecule has 1 saturated carbocycles. The molecule has 2 aromatic heterocycles. The van der Waals surface area contributed by atoms with Crippen molar-refractivity contribution in [2.45, 2.75) is 38.1 Å². The molecule has 1 atom stereocenters. The number of Topliss-reactive ketones (excluding diaryl/α,β-unsaturated/α-hetero) is 1. The number of rotatable bonds is 5. The molecular weight excluding hydrogens is 432 g/mol. The van der Waals surface area contributed by atoms with Gasteiger partial charge >= 0.3 is 5.97 Å². The fourth-order valence-corrected chi connectivity index (χ4v) is 4.67. The van der Waals surface area contributed by atoms with Crippen molar-refractivity contribution in [1.29, 1.82) is 0 Å². The minimum absolute atomic E-state index is 0.0679. The molecule has 0 spiro atoms. The maximum atomic E-state index is 13.2. The van der Waals surface area contributed by atoms with Crippen LogP contribution in [0.25, 0.3) is 5.65 Å². The number of hydrogen-bond acceptors (Lipinski definition) is 6. The zero-order valence-electron chi connectivity index (χ0n) is 17.9. The van der Waals surface area contributed by atoms with E-state index < -0.39 is 24.0 Å². The summed E-state index contributed by atoms with van der Waals surface area (Å²) in [5.41, 5.74) is 0.421. The number of carbonyl (C=O) groups is 3. The summed E-state index contributed by atoms with van der Waals surface area (Å²) in [6, 6.07) is 8.75. The van der Waals surface area contributed by atoms with E-state index in [4.69, 9.17) is 16.3 Å². The van der Waals surface area contributed by atoms with Crippen molar-refractivity contribution in [3.63, 3.8) is 0 Å². The maximum absolute atomic E-state index is 13.2. The first-order chi connectivity index (χ1) is 15.4. The van der Waals surface area contributed by atoms with Crippen molar-refractivity contribution in [3.8, 4) is 0 Å². The molecule has 0 aliphatic heterocycles. The Morgan fingerprint density at radius 2 is 2.03 bits per heavy atom. The highest BCUT2D eigenvalue weighted by atomic mass is 35.5. The van der Waals surface area contributed by atoms with Gasteiger partial charge in [0, 0.05) is 36.4 Å². The molecule has 1 unspecified atom stereocenters. The summed E-state index contributed by atoms with van der Waals surface area (Å²) < 4.78 is 6.81. The molecule has 1 amide bonds. The molecule has 4 rings (SSSR count). The number of likely N-dealkylation sites (N-methyl/N-ethyl adjacent to an activating group) is 1. The van der Waals surface area contributed by atoms with E-state index in [-0.39, 0.29) is 11.3 Å². The minimum Gasteiger partial charge on any atom is -0.452 e. The highest BCUT2D eigenvalue weighted by Crippen LogP contribution is 2.42. The van der Waals surface area contributed by atoms with Crippen LogP contribution < -0.4 is 0 Å². The van der Waals surface area contributed by atoms with Crippen molar-refractivity contribution in [3.05, 3.63) is 64.6 Å². The SMILES string of the molecule is Cc1nn2cccnc2c1C(=O)OCC(=O)N(C)C1(c2ccccc2Cl)CCCCC1=O. The number of amides is 1. The van der Waals surface area contributed by atoms with E-state index >= 15 is 0 Å². The van der Waals surface area contributed by atoms with Gasteiger partial charge in [-0.05, 0) is 38.3 Å². The normalized spacial score (nSPS) is 18.5. The second-order valence-corrected chi connectivity index (χ2v) is 8.25. The van der Waals surface area contributed by atoms with Crippen LogP contribution in [0.15, 0.2) is 42.7 Å². The molecule has 32 heavy (non-hydrogen) atoms. The van der Waals surface area contributed by atoms with Gasteiger partial charge in [-0.25, -0.2) is 14.3 Å². The van der Waals surface area contributed by atoms with Crippen LogP contribution in [0.5, 0.6) is 0 Å². The van der Waals surface area contributed by atoms with Gasteiger partial charge in [0.1, 0.15) is 11.1 Å². The summed E-state index contributed by atoms with van der Waals surface area (Å²) in [5, 5.41) is 4.66. The fraction of sp³-hybridized carbons (Fsp3) is 0.348. The van der Waals surface area contributed by atoms with Crippen LogP contribution in [0.3, 0.4) is 0 Å². The Bertz CT molecular complexity index is 1210. The number of esters is 1. The van der Waals surface area contributed by atoms with Crippen LogP contribution in [0.2, 0.25) is 5.02 Å². The summed E-state index contributed by atoms with van der Waals surface area (Å²) in [6.45, 7) is 1.16. The molecule has 166 valence electrons. The number of fused-ring (bicyclic) bond motifs is 1. The van der Waals surface area contributed by atoms with E-state index in [1.807, 2.05) is 0 Å². The molecule has 0 N–H and O–H groups in total. The Morgan fingerprint density at radius 3 is 2.78 bits per heavy atom. The molecule has 0 radical (unpaired) electrons. The number of carbonyl (C=O) groups excluding carboxylic acids is 3. The Morgan fingerprint density at radius 1 is 1.25 bits per heavy atom. The van der Waals surface area contributed by atoms with E-state index in [1.165, 1.54) is 9.42 Å². The molecule has 1 fully saturated rings. The van der Waals surface area contributed by atoms with E-state index in [2.05, 4.69) is 10.1 Å². The Balaban J connectivity index is 1.58. The standard InChI is InChI=1S/C23H23ClN4O4/c1-15-20(21-25-12-7-13-28(21)26-15)22(31)32-14-19(30)27(2)23(11-6-5-10-18(23)29)16-8-3-4-9-17(16)24/h3-4,7-9,12-13H,5-6,10-11,14H2,1-2H3. The van der Waals surface area contributed by atoms with Crippen molar-refractivity contribution in [2.75, 3.05) is 13.7 Å². The summed E-state index contributed by atoms with van der Waals surface area (Å²) in [6.07, 6.45) is 5.59. The second kappa shape index (κ2) is 8.70. The van der Waals surface area contributed by atoms with E-state index in [0.717, 1.165) is 12.8 Å². The first kappa shape index (κ1) is 22.0. The third-order valence-electron chi connectivity index (χ3n) is 6.02. The molecule has 1 aromatic carbocycles. The first-order valence-corrected chi connectivity index (χ1v) is 10.8. The van der Waals surface area contributed by atoms with Gasteiger partial charge in [0.2, 0.25) is 0 Å². The van der Waals surface area contributed by atoms with Crippen molar-refractivity contribution >= 4 is 34.9 Å². The van der Waals surface area contributed by atoms with Crippen molar-refractivity contribution in [2.24, 2.45) is 0 Å². The lowest BCUT2D eigenvalue weighted by molar-refractivity contribution is -0.150. The van der Waals surface area contributed by atoms with Gasteiger partial charge in [-0.2, -0.15) is 5.10 Å². The third kappa shape index (κ3) is 3.64. The van der Waals surface area contributed by atoms with E-state index in [9.17, 15) is 14.4 Å². The molecule has 0 bridgehead atoms. The molecule has 3 aromatic rings. The average molecular weight is 455 g/mol. The van der Waals surface area contributed by atoms with Gasteiger partial charge in [-0.3, -0.25) is 9.59 Å². The molecule has 0 saturated heterocycles. The zero-order valence-corrected chi connectivity index (χ0v) is 18.6. The number of benzene rings is 1. The van der Waals surface area contributed by atoms with Crippen LogP contribution in [0.4, 0.5) is 0 Å². The predicted molar refractivity (Wildman–Crippen MR) is 117 cm³/mol. The van der Waals surface area contributed by atoms with E-state index in [1.54, 1.807) is 56.7 Å². The Hall–Kier alpha value is -3.26. The lowest BCUT2D eigenvalue weighted by Gasteiger charge is -2.43. The largest absolute Gasteiger partial charge is 0.452 e. The number of nitrogens with zero attached hydrogens (tertiary/aromatic N) is 4. The van der Waals surface area contributed by atoms with Gasteiger partial charge in [0.25, 0.3) is 5.91 Å². The Kier molecular flexibility index (Phi) is 5.97. The number of ketones is 1. The number of hydrogen-bond donors (Lipinski definition) is 0. The Labute approximate surface area is 190 Å². The van der Waals surface area contributed by atoms with Crippen LogP contribution in [0, 0.1) is 6.92 Å². The second-order valence-electron chi connectivity index (χ2n) is 7.85. The minimum atomic E-state index is -1.18. The number of aromatic nitrogens is 3. The van der Waals surface area contributed by atoms with Crippen LogP contribution in [0.1, 0.15) is 47.3 Å². The van der Waals surface area contributed by atoms with Crippen LogP contribution >= 0.6 is 11.6 Å². The highest BCUT2D eigenvalue weighted by molar-refractivity contribution is 6.31. The van der Waals surface area contributed by atoms with Gasteiger partial charge in [0.05, 0.1) is 5.69 Å². The number of halogens is 1. The molecule has 9 heteroatoms. The first-order valence-electron chi connectivity index (χ1n) is 10.4. The van der Waals surface area contributed by atoms with Gasteiger partial charge in [-0.15, -0.1) is 0 Å². The van der Waals surface area contributed by atoms with Crippen LogP contribution in [-0.2, 0) is 19.9 Å². The van der Waals surface area contributed by atoms with Crippen molar-refractivity contribution in [1.82, 2.24) is 19.5 Å². The lowest BCUT2D eigenvalue weighted by atomic mass is 9.74. The van der Waals surface area contributed by atoms with Gasteiger partial charge < -0.3 is 9.64 Å². The van der Waals surface area contributed by atoms with E-state index in [0.29, 0.717) is 34.8 Å². The maximum Gasteiger partial charge on any atom is 0.344 e. The zero-order chi connectivity index (χ0) is 22.9. The molecule has 2 heterocycles. The molecule has 8 nitrogen and oxygen atoms in total. The third-order valence-corrected chi connectivity index (χ3v) is 6.35. The average Bonchev–Trinajstić information content (AvgIpc) is 3.13. The number of aryl methyl sites for hydroxylation is 1. The predicted octanol–water partition coefficient (Wildman–Crippen LogP) is 3.34. The monoisotopic (exact) mass is 454 g/mol. The van der Waals surface area contributed by atoms with Crippen molar-refractivity contribution < 1.29 is 19.1 Å². The topological polar surface area (TPSA) is 93.9 Å². The molecule has 1 aliphatic rings. The summed E-state index contributed by atoms with van der Waals surface area (Å²) in [5.74, 6) is -1.25. The molecular formula is C23H23ClN4O4. The lowest BCUT2D eigenvalue weighted by Crippen LogP contribution is -2.55. The number of ether oxygens (including phenoxy) is 1. The molecule has 1 aliphatic carbocycles. The quantitative estimate of drug-likeness (QED) is 0.549. The highest BCUT2D eigenvalue weighted by Gasteiger charge is 2.48. The summed E-state index contributed by atoms with van der Waals surface area (Å²) in [4.78, 5) is 44.6. The van der Waals surface area contributed by atoms with Gasteiger partial charge in [-0.1, -0.05) is 29.8 Å².